The summed E-state index contributed by atoms with van der Waals surface area (Å²) in [5, 5.41) is 0.410. The average molecular weight is 399 g/mol. The maximum Gasteiger partial charge on any atom is 0.385 e. The minimum absolute atomic E-state index is 0.0468. The second-order valence-corrected chi connectivity index (χ2v) is 6.11. The van der Waals surface area contributed by atoms with Crippen LogP contribution in [0.4, 0.5) is 8.78 Å². The van der Waals surface area contributed by atoms with Crippen molar-refractivity contribution < 1.29 is 27.8 Å². The summed E-state index contributed by atoms with van der Waals surface area (Å²) in [6.07, 6.45) is 0. The van der Waals surface area contributed by atoms with Gasteiger partial charge < -0.3 is 9.47 Å². The number of fused-ring (bicyclic) bond motifs is 1. The third kappa shape index (κ3) is 3.81. The smallest absolute Gasteiger partial charge is 0.385 e. The number of benzene rings is 2. The predicted molar refractivity (Wildman–Crippen MR) is 104 cm³/mol. The van der Waals surface area contributed by atoms with E-state index < -0.39 is 23.6 Å². The van der Waals surface area contributed by atoms with E-state index in [2.05, 4.69) is 9.72 Å². The third-order valence-electron chi connectivity index (χ3n) is 4.27. The number of nitrogens with zero attached hydrogens (tertiary/aromatic N) is 1. The van der Waals surface area contributed by atoms with E-state index in [0.717, 1.165) is 0 Å². The van der Waals surface area contributed by atoms with Crippen LogP contribution in [-0.4, -0.2) is 30.1 Å². The van der Waals surface area contributed by atoms with Crippen molar-refractivity contribution in [3.05, 3.63) is 66.0 Å². The lowest BCUT2D eigenvalue weighted by molar-refractivity contribution is -0.173. The van der Waals surface area contributed by atoms with E-state index in [1.54, 1.807) is 55.5 Å². The largest absolute Gasteiger partial charge is 0.461 e. The van der Waals surface area contributed by atoms with Crippen LogP contribution in [0.25, 0.3) is 21.9 Å². The van der Waals surface area contributed by atoms with Gasteiger partial charge in [-0.3, -0.25) is 0 Å². The van der Waals surface area contributed by atoms with Crippen molar-refractivity contribution in [2.45, 2.75) is 19.8 Å². The number of hydrogen-bond acceptors (Lipinski definition) is 5. The summed E-state index contributed by atoms with van der Waals surface area (Å²) in [6.45, 7) is 2.88. The van der Waals surface area contributed by atoms with Gasteiger partial charge in [-0.25, -0.2) is 14.6 Å². The van der Waals surface area contributed by atoms with Crippen LogP contribution >= 0.6 is 0 Å². The number of hydrogen-bond donors (Lipinski definition) is 0. The van der Waals surface area contributed by atoms with Crippen LogP contribution in [0.2, 0.25) is 0 Å². The molecule has 5 nitrogen and oxygen atoms in total. The summed E-state index contributed by atoms with van der Waals surface area (Å²) >= 11 is 0. The molecule has 0 aliphatic heterocycles. The molecule has 0 aliphatic rings. The molecule has 29 heavy (non-hydrogen) atoms. The molecule has 0 unspecified atom stereocenters. The average Bonchev–Trinajstić information content (AvgIpc) is 2.73. The summed E-state index contributed by atoms with van der Waals surface area (Å²) < 4.78 is 39.5. The molecule has 0 saturated carbocycles. The highest BCUT2D eigenvalue weighted by Gasteiger charge is 2.46. The quantitative estimate of drug-likeness (QED) is 0.561. The summed E-state index contributed by atoms with van der Waals surface area (Å²) in [5.74, 6) is -6.61. The lowest BCUT2D eigenvalue weighted by atomic mass is 9.94. The number of ether oxygens (including phenoxy) is 2. The topological polar surface area (TPSA) is 65.5 Å². The first-order valence-corrected chi connectivity index (χ1v) is 9.12. The highest BCUT2D eigenvalue weighted by molar-refractivity contribution is 6.08. The van der Waals surface area contributed by atoms with Crippen molar-refractivity contribution in [3.63, 3.8) is 0 Å². The molecule has 0 aliphatic carbocycles. The van der Waals surface area contributed by atoms with E-state index in [9.17, 15) is 18.4 Å². The molecule has 0 bridgehead atoms. The number of halogens is 2. The maximum atomic E-state index is 14.9. The summed E-state index contributed by atoms with van der Waals surface area (Å²) in [6, 6.07) is 15.1. The molecule has 0 saturated heterocycles. The van der Waals surface area contributed by atoms with Crippen LogP contribution in [0.15, 0.2) is 54.6 Å². The number of esters is 2. The Balaban J connectivity index is 2.39. The zero-order valence-electron chi connectivity index (χ0n) is 15.9. The lowest BCUT2D eigenvalue weighted by Gasteiger charge is -2.20. The number of carbonyl (C=O) groups excluding carboxylic acids is 2. The first kappa shape index (κ1) is 20.4. The standard InChI is InChI=1S/C22H19F2NO4/c1-3-28-20(26)18-17(14-10-6-5-7-11-14)15-12-8-9-13-16(15)19(25-18)22(23,24)21(27)29-4-2/h5-13H,3-4H2,1-2H3. The van der Waals surface area contributed by atoms with Gasteiger partial charge in [0.15, 0.2) is 5.69 Å². The highest BCUT2D eigenvalue weighted by atomic mass is 19.3. The third-order valence-corrected chi connectivity index (χ3v) is 4.27. The van der Waals surface area contributed by atoms with Crippen LogP contribution in [0.1, 0.15) is 30.0 Å². The SMILES string of the molecule is CCOC(=O)c1nc(C(F)(F)C(=O)OCC)c2ccccc2c1-c1ccccc1. The summed E-state index contributed by atoms with van der Waals surface area (Å²) in [7, 11) is 0. The van der Waals surface area contributed by atoms with Gasteiger partial charge in [0, 0.05) is 10.9 Å². The molecular formula is C22H19F2NO4. The van der Waals surface area contributed by atoms with Gasteiger partial charge in [-0.05, 0) is 24.8 Å². The first-order chi connectivity index (χ1) is 13.9. The summed E-state index contributed by atoms with van der Waals surface area (Å²) in [5.41, 5.74) is -0.140. The van der Waals surface area contributed by atoms with E-state index in [-0.39, 0.29) is 24.3 Å². The van der Waals surface area contributed by atoms with Gasteiger partial charge >= 0.3 is 17.9 Å². The van der Waals surface area contributed by atoms with Gasteiger partial charge in [0.05, 0.1) is 13.2 Å². The van der Waals surface area contributed by atoms with Crippen molar-refractivity contribution in [3.8, 4) is 11.1 Å². The van der Waals surface area contributed by atoms with Crippen LogP contribution in [-0.2, 0) is 20.2 Å². The molecule has 1 aromatic heterocycles. The molecule has 1 heterocycles. The van der Waals surface area contributed by atoms with Crippen molar-refractivity contribution >= 4 is 22.7 Å². The van der Waals surface area contributed by atoms with Crippen molar-refractivity contribution in [1.82, 2.24) is 4.98 Å². The maximum absolute atomic E-state index is 14.9. The highest BCUT2D eigenvalue weighted by Crippen LogP contribution is 2.39. The van der Waals surface area contributed by atoms with Crippen LogP contribution < -0.4 is 0 Å². The fourth-order valence-corrected chi connectivity index (χ4v) is 3.07. The van der Waals surface area contributed by atoms with Crippen LogP contribution in [0, 0.1) is 0 Å². The Morgan fingerprint density at radius 3 is 2.10 bits per heavy atom. The molecule has 2 aromatic carbocycles. The van der Waals surface area contributed by atoms with Gasteiger partial charge in [0.25, 0.3) is 0 Å². The molecule has 0 amide bonds. The van der Waals surface area contributed by atoms with Crippen molar-refractivity contribution in [2.24, 2.45) is 0 Å². The Bertz CT molecular complexity index is 1050. The Labute approximate surface area is 166 Å². The van der Waals surface area contributed by atoms with Crippen molar-refractivity contribution in [2.75, 3.05) is 13.2 Å². The van der Waals surface area contributed by atoms with Gasteiger partial charge in [-0.2, -0.15) is 8.78 Å². The van der Waals surface area contributed by atoms with E-state index in [4.69, 9.17) is 4.74 Å². The van der Waals surface area contributed by atoms with Crippen LogP contribution in [0.5, 0.6) is 0 Å². The number of carbonyl (C=O) groups is 2. The van der Waals surface area contributed by atoms with Gasteiger partial charge in [-0.15, -0.1) is 0 Å². The van der Waals surface area contributed by atoms with Gasteiger partial charge in [0.2, 0.25) is 0 Å². The number of alkyl halides is 2. The normalized spacial score (nSPS) is 11.3. The molecule has 0 fully saturated rings. The first-order valence-electron chi connectivity index (χ1n) is 9.12. The molecule has 3 aromatic rings. The van der Waals surface area contributed by atoms with E-state index in [1.165, 1.54) is 13.0 Å². The number of pyridine rings is 1. The molecule has 150 valence electrons. The lowest BCUT2D eigenvalue weighted by Crippen LogP contribution is -2.30. The van der Waals surface area contributed by atoms with Gasteiger partial charge in [-0.1, -0.05) is 54.6 Å². The minimum atomic E-state index is -4.04. The van der Waals surface area contributed by atoms with Crippen LogP contribution in [0.3, 0.4) is 0 Å². The Hall–Kier alpha value is -3.35. The number of aromatic nitrogens is 1. The number of rotatable bonds is 6. The molecule has 0 spiro atoms. The molecule has 0 atom stereocenters. The van der Waals surface area contributed by atoms with E-state index in [0.29, 0.717) is 16.5 Å². The Morgan fingerprint density at radius 2 is 1.48 bits per heavy atom. The molecular weight excluding hydrogens is 380 g/mol. The molecule has 0 N–H and O–H groups in total. The zero-order chi connectivity index (χ0) is 21.0. The second kappa shape index (κ2) is 8.34. The monoisotopic (exact) mass is 399 g/mol. The zero-order valence-corrected chi connectivity index (χ0v) is 15.9. The van der Waals surface area contributed by atoms with E-state index in [1.807, 2.05) is 0 Å². The Morgan fingerprint density at radius 1 is 0.897 bits per heavy atom. The fraction of sp³-hybridized carbons (Fsp3) is 0.227. The van der Waals surface area contributed by atoms with E-state index >= 15 is 0 Å². The predicted octanol–water partition coefficient (Wildman–Crippen LogP) is 4.73. The van der Waals surface area contributed by atoms with Crippen molar-refractivity contribution in [1.29, 1.82) is 0 Å². The fourth-order valence-electron chi connectivity index (χ4n) is 3.07. The Kier molecular flexibility index (Phi) is 5.87. The second-order valence-electron chi connectivity index (χ2n) is 6.11. The minimum Gasteiger partial charge on any atom is -0.461 e. The molecule has 3 rings (SSSR count). The molecule has 7 heteroatoms. The van der Waals surface area contributed by atoms with Gasteiger partial charge in [0.1, 0.15) is 5.69 Å². The summed E-state index contributed by atoms with van der Waals surface area (Å²) in [4.78, 5) is 28.5. The molecule has 0 radical (unpaired) electrons.